The minimum atomic E-state index is -4.27. The monoisotopic (exact) mass is 169 g/mol. The molecule has 1 aliphatic rings. The van der Waals surface area contributed by atoms with E-state index in [-0.39, 0.29) is 12.8 Å². The summed E-state index contributed by atoms with van der Waals surface area (Å²) < 4.78 is 48.2. The van der Waals surface area contributed by atoms with E-state index in [1.54, 1.807) is 0 Å². The summed E-state index contributed by atoms with van der Waals surface area (Å²) in [7, 11) is 0. The summed E-state index contributed by atoms with van der Waals surface area (Å²) in [5.41, 5.74) is 0. The predicted octanol–water partition coefficient (Wildman–Crippen LogP) is 3.04. The molecule has 0 nitrogen and oxygen atoms in total. The van der Waals surface area contributed by atoms with Crippen molar-refractivity contribution in [2.45, 2.75) is 38.0 Å². The van der Waals surface area contributed by atoms with Crippen LogP contribution in [0, 0.1) is 5.92 Å². The molecule has 0 bridgehead atoms. The third-order valence-corrected chi connectivity index (χ3v) is 1.86. The van der Waals surface area contributed by atoms with Gasteiger partial charge in [0.25, 0.3) is 0 Å². The lowest BCUT2D eigenvalue weighted by Crippen LogP contribution is -2.27. The lowest BCUT2D eigenvalue weighted by atomic mass is 9.88. The van der Waals surface area contributed by atoms with Crippen LogP contribution in [0.3, 0.4) is 0 Å². The Bertz CT molecular complexity index is 129. The molecule has 1 fully saturated rings. The highest BCUT2D eigenvalue weighted by atomic mass is 19.4. The Morgan fingerprint density at radius 3 is 2.27 bits per heavy atom. The zero-order valence-corrected chi connectivity index (χ0v) is 5.92. The molecule has 1 radical (unpaired) electrons. The van der Waals surface area contributed by atoms with E-state index in [1.807, 2.05) is 0 Å². The van der Waals surface area contributed by atoms with Gasteiger partial charge in [0.15, 0.2) is 0 Å². The molecule has 1 rings (SSSR count). The molecule has 65 valence electrons. The maximum Gasteiger partial charge on any atom is 0.395 e. The normalized spacial score (nSPS) is 28.9. The van der Waals surface area contributed by atoms with Crippen molar-refractivity contribution in [3.63, 3.8) is 0 Å². The van der Waals surface area contributed by atoms with Crippen LogP contribution in [-0.2, 0) is 0 Å². The summed E-state index contributed by atoms with van der Waals surface area (Å²) in [6.07, 6.45) is -5.34. The Morgan fingerprint density at radius 1 is 1.27 bits per heavy atom. The first-order valence-corrected chi connectivity index (χ1v) is 3.56. The van der Waals surface area contributed by atoms with Crippen LogP contribution in [0.5, 0.6) is 0 Å². The standard InChI is InChI=1S/C7H9F4/c8-6-3-1-2-5(4-6)7(9,10)11/h6H,1-4H2. The van der Waals surface area contributed by atoms with Crippen LogP contribution in [0.4, 0.5) is 17.6 Å². The van der Waals surface area contributed by atoms with Crippen molar-refractivity contribution in [3.05, 3.63) is 5.92 Å². The van der Waals surface area contributed by atoms with Crippen molar-refractivity contribution in [1.29, 1.82) is 0 Å². The second-order valence-electron chi connectivity index (χ2n) is 2.79. The fraction of sp³-hybridized carbons (Fsp3) is 0.857. The van der Waals surface area contributed by atoms with E-state index in [1.165, 1.54) is 0 Å². The van der Waals surface area contributed by atoms with Crippen molar-refractivity contribution in [2.75, 3.05) is 0 Å². The summed E-state index contributed by atoms with van der Waals surface area (Å²) in [6, 6.07) is 0. The first-order chi connectivity index (χ1) is 5.00. The van der Waals surface area contributed by atoms with E-state index < -0.39 is 24.7 Å². The molecule has 4 heteroatoms. The smallest absolute Gasteiger partial charge is 0.247 e. The first-order valence-electron chi connectivity index (χ1n) is 3.56. The third-order valence-electron chi connectivity index (χ3n) is 1.86. The van der Waals surface area contributed by atoms with Gasteiger partial charge >= 0.3 is 6.18 Å². The molecule has 0 aliphatic heterocycles. The molecular weight excluding hydrogens is 160 g/mol. The number of alkyl halides is 4. The molecule has 0 aromatic carbocycles. The third kappa shape index (κ3) is 2.34. The number of rotatable bonds is 0. The van der Waals surface area contributed by atoms with Gasteiger partial charge in [0.1, 0.15) is 6.17 Å². The molecule has 0 heterocycles. The van der Waals surface area contributed by atoms with Gasteiger partial charge in [-0.15, -0.1) is 0 Å². The van der Waals surface area contributed by atoms with Crippen LogP contribution in [0.15, 0.2) is 0 Å². The van der Waals surface area contributed by atoms with E-state index >= 15 is 0 Å². The van der Waals surface area contributed by atoms with E-state index in [9.17, 15) is 17.6 Å². The van der Waals surface area contributed by atoms with Gasteiger partial charge in [-0.1, -0.05) is 0 Å². The molecule has 0 spiro atoms. The largest absolute Gasteiger partial charge is 0.395 e. The van der Waals surface area contributed by atoms with Gasteiger partial charge < -0.3 is 0 Å². The summed E-state index contributed by atoms with van der Waals surface area (Å²) >= 11 is 0. The molecule has 1 atom stereocenters. The number of hydrogen-bond acceptors (Lipinski definition) is 0. The van der Waals surface area contributed by atoms with Crippen LogP contribution in [0.1, 0.15) is 25.7 Å². The van der Waals surface area contributed by atoms with Crippen molar-refractivity contribution < 1.29 is 17.6 Å². The Balaban J connectivity index is 2.46. The highest BCUT2D eigenvalue weighted by Crippen LogP contribution is 2.40. The molecule has 0 aromatic rings. The van der Waals surface area contributed by atoms with Crippen LogP contribution in [-0.4, -0.2) is 12.3 Å². The molecule has 0 saturated heterocycles. The van der Waals surface area contributed by atoms with Gasteiger partial charge in [0.2, 0.25) is 0 Å². The maximum absolute atomic E-state index is 12.4. The molecule has 0 amide bonds. The topological polar surface area (TPSA) is 0 Å². The van der Waals surface area contributed by atoms with Gasteiger partial charge in [-0.3, -0.25) is 0 Å². The molecule has 1 unspecified atom stereocenters. The SMILES string of the molecule is FC1CCC[C](C(F)(F)F)C1. The van der Waals surface area contributed by atoms with Gasteiger partial charge in [-0.25, -0.2) is 4.39 Å². The Labute approximate surface area is 62.6 Å². The van der Waals surface area contributed by atoms with Gasteiger partial charge in [0.05, 0.1) is 5.92 Å². The summed E-state index contributed by atoms with van der Waals surface area (Å²) in [5.74, 6) is -0.587. The zero-order valence-electron chi connectivity index (χ0n) is 5.92. The Morgan fingerprint density at radius 2 is 1.91 bits per heavy atom. The van der Waals surface area contributed by atoms with Crippen molar-refractivity contribution >= 4 is 0 Å². The van der Waals surface area contributed by atoms with E-state index in [2.05, 4.69) is 0 Å². The Hall–Kier alpha value is -0.280. The predicted molar refractivity (Wildman–Crippen MR) is 32.7 cm³/mol. The lowest BCUT2D eigenvalue weighted by Gasteiger charge is -2.25. The van der Waals surface area contributed by atoms with E-state index in [0.29, 0.717) is 6.42 Å². The average molecular weight is 169 g/mol. The van der Waals surface area contributed by atoms with Crippen LogP contribution >= 0.6 is 0 Å². The summed E-state index contributed by atoms with van der Waals surface area (Å²) in [4.78, 5) is 0. The summed E-state index contributed by atoms with van der Waals surface area (Å²) in [6.45, 7) is 0. The molecule has 0 N–H and O–H groups in total. The minimum absolute atomic E-state index is 0.0178. The summed E-state index contributed by atoms with van der Waals surface area (Å²) in [5, 5.41) is 0. The Kier molecular flexibility index (Phi) is 2.40. The number of hydrogen-bond donors (Lipinski definition) is 0. The van der Waals surface area contributed by atoms with Crippen molar-refractivity contribution in [3.8, 4) is 0 Å². The second-order valence-corrected chi connectivity index (χ2v) is 2.79. The average Bonchev–Trinajstić information content (AvgIpc) is 1.86. The molecule has 1 saturated carbocycles. The first kappa shape index (κ1) is 8.81. The molecular formula is C7H9F4. The molecule has 0 aromatic heterocycles. The highest BCUT2D eigenvalue weighted by Gasteiger charge is 2.42. The minimum Gasteiger partial charge on any atom is -0.247 e. The van der Waals surface area contributed by atoms with E-state index in [4.69, 9.17) is 0 Å². The lowest BCUT2D eigenvalue weighted by molar-refractivity contribution is -0.124. The van der Waals surface area contributed by atoms with Crippen LogP contribution in [0.2, 0.25) is 0 Å². The maximum atomic E-state index is 12.4. The van der Waals surface area contributed by atoms with Gasteiger partial charge in [0, 0.05) is 0 Å². The van der Waals surface area contributed by atoms with Crippen molar-refractivity contribution in [2.24, 2.45) is 0 Å². The van der Waals surface area contributed by atoms with Gasteiger partial charge in [-0.2, -0.15) is 13.2 Å². The van der Waals surface area contributed by atoms with Gasteiger partial charge in [-0.05, 0) is 25.7 Å². The van der Waals surface area contributed by atoms with Crippen LogP contribution in [0.25, 0.3) is 0 Å². The van der Waals surface area contributed by atoms with E-state index in [0.717, 1.165) is 0 Å². The fourth-order valence-electron chi connectivity index (χ4n) is 1.27. The number of halogens is 4. The van der Waals surface area contributed by atoms with Crippen molar-refractivity contribution in [1.82, 2.24) is 0 Å². The quantitative estimate of drug-likeness (QED) is 0.489. The molecule has 1 aliphatic carbocycles. The highest BCUT2D eigenvalue weighted by molar-refractivity contribution is 5.01. The second kappa shape index (κ2) is 2.99. The zero-order chi connectivity index (χ0) is 8.48. The van der Waals surface area contributed by atoms with Crippen LogP contribution < -0.4 is 0 Å². The molecule has 11 heavy (non-hydrogen) atoms. The fourth-order valence-corrected chi connectivity index (χ4v) is 1.27.